The predicted molar refractivity (Wildman–Crippen MR) is 109 cm³/mol. The largest absolute Gasteiger partial charge is 0.389 e. The van der Waals surface area contributed by atoms with E-state index in [2.05, 4.69) is 72.0 Å². The summed E-state index contributed by atoms with van der Waals surface area (Å²) in [6.07, 6.45) is 6.81. The lowest BCUT2D eigenvalue weighted by atomic mass is 9.99. The fraction of sp³-hybridized carbons (Fsp3) is 0.857. The SMILES string of the molecule is CC(C)[Si](C#CCC(C)(C)ON=C1CCCCC1)(C(C)C)C(C)C. The first kappa shape index (κ1) is 21.3. The van der Waals surface area contributed by atoms with Crippen LogP contribution in [0.1, 0.15) is 93.9 Å². The summed E-state index contributed by atoms with van der Waals surface area (Å²) >= 11 is 0. The zero-order chi connectivity index (χ0) is 18.4. The molecule has 0 radical (unpaired) electrons. The zero-order valence-corrected chi connectivity index (χ0v) is 18.3. The van der Waals surface area contributed by atoms with Gasteiger partial charge in [-0.05, 0) is 56.2 Å². The Hall–Kier alpha value is -0.753. The van der Waals surface area contributed by atoms with E-state index in [1.165, 1.54) is 25.0 Å². The molecule has 2 nitrogen and oxygen atoms in total. The van der Waals surface area contributed by atoms with Gasteiger partial charge in [0.2, 0.25) is 0 Å². The minimum absolute atomic E-state index is 0.303. The predicted octanol–water partition coefficient (Wildman–Crippen LogP) is 6.71. The fourth-order valence-corrected chi connectivity index (χ4v) is 9.38. The highest BCUT2D eigenvalue weighted by atomic mass is 28.3. The average molecular weight is 350 g/mol. The molecule has 24 heavy (non-hydrogen) atoms. The monoisotopic (exact) mass is 349 g/mol. The molecule has 1 aliphatic rings. The van der Waals surface area contributed by atoms with Gasteiger partial charge in [-0.1, -0.05) is 53.1 Å². The van der Waals surface area contributed by atoms with Crippen molar-refractivity contribution in [2.75, 3.05) is 0 Å². The average Bonchev–Trinajstić information content (AvgIpc) is 2.49. The molecule has 0 aromatic rings. The molecule has 0 unspecified atom stereocenters. The van der Waals surface area contributed by atoms with Crippen LogP contribution < -0.4 is 0 Å². The van der Waals surface area contributed by atoms with E-state index in [4.69, 9.17) is 4.84 Å². The summed E-state index contributed by atoms with van der Waals surface area (Å²) in [5, 5.41) is 4.44. The topological polar surface area (TPSA) is 21.6 Å². The maximum absolute atomic E-state index is 5.87. The molecule has 0 aromatic carbocycles. The lowest BCUT2D eigenvalue weighted by molar-refractivity contribution is -0.0109. The van der Waals surface area contributed by atoms with Crippen LogP contribution in [-0.2, 0) is 4.84 Å². The van der Waals surface area contributed by atoms with Crippen molar-refractivity contribution in [3.8, 4) is 11.5 Å². The van der Waals surface area contributed by atoms with Crippen LogP contribution in [0.2, 0.25) is 16.6 Å². The quantitative estimate of drug-likeness (QED) is 0.296. The third-order valence-electron chi connectivity index (χ3n) is 5.54. The van der Waals surface area contributed by atoms with Gasteiger partial charge >= 0.3 is 0 Å². The number of oxime groups is 1. The zero-order valence-electron chi connectivity index (χ0n) is 17.3. The molecule has 0 spiro atoms. The molecule has 1 saturated carbocycles. The third kappa shape index (κ3) is 5.65. The summed E-state index contributed by atoms with van der Waals surface area (Å²) in [6.45, 7) is 18.4. The Morgan fingerprint density at radius 1 is 0.958 bits per heavy atom. The Kier molecular flexibility index (Phi) is 8.06. The number of nitrogens with zero attached hydrogens (tertiary/aromatic N) is 1. The summed E-state index contributed by atoms with van der Waals surface area (Å²) in [5.74, 6) is 3.52. The van der Waals surface area contributed by atoms with E-state index in [9.17, 15) is 0 Å². The summed E-state index contributed by atoms with van der Waals surface area (Å²) < 4.78 is 0. The molecule has 0 N–H and O–H groups in total. The van der Waals surface area contributed by atoms with Gasteiger partial charge in [-0.25, -0.2) is 0 Å². The van der Waals surface area contributed by atoms with Crippen molar-refractivity contribution in [3.05, 3.63) is 0 Å². The Morgan fingerprint density at radius 2 is 1.46 bits per heavy atom. The summed E-state index contributed by atoms with van der Waals surface area (Å²) in [7, 11) is -1.64. The highest BCUT2D eigenvalue weighted by Crippen LogP contribution is 2.40. The minimum atomic E-state index is -1.64. The van der Waals surface area contributed by atoms with Gasteiger partial charge in [0, 0.05) is 0 Å². The molecule has 0 saturated heterocycles. The van der Waals surface area contributed by atoms with Gasteiger partial charge in [-0.3, -0.25) is 0 Å². The highest BCUT2D eigenvalue weighted by Gasteiger charge is 2.41. The lowest BCUT2D eigenvalue weighted by Gasteiger charge is -2.38. The molecule has 0 amide bonds. The molecule has 0 aromatic heterocycles. The fourth-order valence-electron chi connectivity index (χ4n) is 4.11. The summed E-state index contributed by atoms with van der Waals surface area (Å²) in [4.78, 5) is 5.87. The standard InChI is InChI=1S/C21H39NOSi/c1-17(2)24(18(3)4,19(5)6)16-12-15-21(7,8)23-22-20-13-10-9-11-14-20/h17-19H,9-11,13-15H2,1-8H3. The maximum atomic E-state index is 5.87. The minimum Gasteiger partial charge on any atom is -0.389 e. The van der Waals surface area contributed by atoms with E-state index < -0.39 is 8.07 Å². The van der Waals surface area contributed by atoms with Gasteiger partial charge in [0.25, 0.3) is 0 Å². The van der Waals surface area contributed by atoms with Crippen molar-refractivity contribution in [3.63, 3.8) is 0 Å². The lowest BCUT2D eigenvalue weighted by Crippen LogP contribution is -2.43. The number of rotatable bonds is 6. The van der Waals surface area contributed by atoms with Crippen LogP contribution in [-0.4, -0.2) is 19.4 Å². The normalized spacial score (nSPS) is 16.4. The van der Waals surface area contributed by atoms with Crippen LogP contribution in [0.5, 0.6) is 0 Å². The second-order valence-corrected chi connectivity index (χ2v) is 14.5. The molecule has 0 atom stereocenters. The Morgan fingerprint density at radius 3 is 1.92 bits per heavy atom. The Balaban J connectivity index is 2.79. The third-order valence-corrected chi connectivity index (χ3v) is 11.9. The van der Waals surface area contributed by atoms with E-state index in [1.54, 1.807) is 0 Å². The molecule has 0 bridgehead atoms. The van der Waals surface area contributed by atoms with Crippen molar-refractivity contribution < 1.29 is 4.84 Å². The second kappa shape index (κ2) is 9.09. The maximum Gasteiger partial charge on any atom is 0.145 e. The van der Waals surface area contributed by atoms with E-state index in [1.807, 2.05) is 0 Å². The van der Waals surface area contributed by atoms with Crippen LogP contribution in [0, 0.1) is 11.5 Å². The number of hydrogen-bond donors (Lipinski definition) is 0. The van der Waals surface area contributed by atoms with Crippen LogP contribution in [0.15, 0.2) is 5.16 Å². The van der Waals surface area contributed by atoms with Crippen molar-refractivity contribution in [2.24, 2.45) is 5.16 Å². The highest BCUT2D eigenvalue weighted by molar-refractivity contribution is 6.90. The molecular formula is C21H39NOSi. The van der Waals surface area contributed by atoms with E-state index in [0.29, 0.717) is 16.6 Å². The van der Waals surface area contributed by atoms with Gasteiger partial charge in [0.15, 0.2) is 0 Å². The summed E-state index contributed by atoms with van der Waals surface area (Å²) in [5.41, 5.74) is 6.75. The molecule has 1 aliphatic carbocycles. The Labute approximate surface area is 151 Å². The van der Waals surface area contributed by atoms with Crippen LogP contribution in [0.4, 0.5) is 0 Å². The smallest absolute Gasteiger partial charge is 0.145 e. The van der Waals surface area contributed by atoms with Gasteiger partial charge in [0.05, 0.1) is 12.1 Å². The van der Waals surface area contributed by atoms with Crippen molar-refractivity contribution in [1.29, 1.82) is 0 Å². The Bertz CT molecular complexity index is 450. The van der Waals surface area contributed by atoms with Gasteiger partial charge in [-0.15, -0.1) is 11.5 Å². The van der Waals surface area contributed by atoms with Gasteiger partial charge in [0.1, 0.15) is 13.7 Å². The van der Waals surface area contributed by atoms with Gasteiger partial charge in [-0.2, -0.15) is 0 Å². The van der Waals surface area contributed by atoms with Crippen molar-refractivity contribution in [2.45, 2.75) is 116 Å². The molecule has 0 aliphatic heterocycles. The van der Waals surface area contributed by atoms with E-state index in [0.717, 1.165) is 19.3 Å². The first-order chi connectivity index (χ1) is 11.1. The molecule has 3 heteroatoms. The molecular weight excluding hydrogens is 310 g/mol. The van der Waals surface area contributed by atoms with Crippen LogP contribution in [0.3, 0.4) is 0 Å². The van der Waals surface area contributed by atoms with Crippen molar-refractivity contribution >= 4 is 13.8 Å². The molecule has 1 rings (SSSR count). The van der Waals surface area contributed by atoms with E-state index >= 15 is 0 Å². The molecule has 1 fully saturated rings. The first-order valence-corrected chi connectivity index (χ1v) is 12.1. The van der Waals surface area contributed by atoms with E-state index in [-0.39, 0.29) is 5.60 Å². The molecule has 138 valence electrons. The van der Waals surface area contributed by atoms with Gasteiger partial charge < -0.3 is 4.84 Å². The molecule has 0 heterocycles. The second-order valence-electron chi connectivity index (χ2n) is 8.94. The van der Waals surface area contributed by atoms with Crippen LogP contribution >= 0.6 is 0 Å². The van der Waals surface area contributed by atoms with Crippen LogP contribution in [0.25, 0.3) is 0 Å². The first-order valence-electron chi connectivity index (χ1n) is 9.85. The number of hydrogen-bond acceptors (Lipinski definition) is 2. The van der Waals surface area contributed by atoms with Crippen molar-refractivity contribution in [1.82, 2.24) is 0 Å². The summed E-state index contributed by atoms with van der Waals surface area (Å²) in [6, 6.07) is 0.